The Bertz CT molecular complexity index is 903. The van der Waals surface area contributed by atoms with Gasteiger partial charge in [0.25, 0.3) is 0 Å². The molecule has 3 nitrogen and oxygen atoms in total. The van der Waals surface area contributed by atoms with Crippen molar-refractivity contribution in [1.82, 2.24) is 4.57 Å². The number of aryl methyl sites for hydroxylation is 2. The molecule has 1 fully saturated rings. The minimum atomic E-state index is 0.300. The Morgan fingerprint density at radius 2 is 1.62 bits per heavy atom. The van der Waals surface area contributed by atoms with E-state index in [2.05, 4.69) is 47.9 Å². The Labute approximate surface area is 174 Å². The summed E-state index contributed by atoms with van der Waals surface area (Å²) in [7, 11) is 0. The van der Waals surface area contributed by atoms with E-state index in [4.69, 9.17) is 4.74 Å². The van der Waals surface area contributed by atoms with Gasteiger partial charge in [0.15, 0.2) is 0 Å². The maximum atomic E-state index is 9.55. The van der Waals surface area contributed by atoms with Gasteiger partial charge < -0.3 is 14.4 Å². The van der Waals surface area contributed by atoms with Crippen molar-refractivity contribution in [2.45, 2.75) is 52.0 Å². The molecule has 4 rings (SSSR count). The predicted octanol–water partition coefficient (Wildman–Crippen LogP) is 6.37. The number of benzene rings is 2. The van der Waals surface area contributed by atoms with Gasteiger partial charge in [-0.05, 0) is 91.8 Å². The first-order valence-corrected chi connectivity index (χ1v) is 10.9. The van der Waals surface area contributed by atoms with Crippen molar-refractivity contribution in [2.24, 2.45) is 5.92 Å². The number of aromatic nitrogens is 1. The monoisotopic (exact) mass is 389 g/mol. The number of aromatic hydroxyl groups is 1. The zero-order valence-corrected chi connectivity index (χ0v) is 17.3. The zero-order chi connectivity index (χ0) is 20.1. The van der Waals surface area contributed by atoms with Crippen LogP contribution in [-0.4, -0.2) is 16.3 Å². The molecule has 2 aromatic carbocycles. The van der Waals surface area contributed by atoms with Crippen LogP contribution in [0.3, 0.4) is 0 Å². The number of phenolic OH excluding ortho intramolecular Hbond substituents is 1. The van der Waals surface area contributed by atoms with Gasteiger partial charge in [-0.15, -0.1) is 0 Å². The van der Waals surface area contributed by atoms with E-state index in [1.165, 1.54) is 49.1 Å². The summed E-state index contributed by atoms with van der Waals surface area (Å²) in [5.41, 5.74) is 4.89. The third-order valence-electron chi connectivity index (χ3n) is 6.12. The number of hydrogen-bond acceptors (Lipinski definition) is 2. The molecular formula is C26H31NO2. The fourth-order valence-corrected chi connectivity index (χ4v) is 4.31. The number of phenols is 1. The molecule has 1 aliphatic rings. The van der Waals surface area contributed by atoms with Crippen molar-refractivity contribution in [3.63, 3.8) is 0 Å². The van der Waals surface area contributed by atoms with E-state index in [-0.39, 0.29) is 0 Å². The first-order chi connectivity index (χ1) is 14.2. The second kappa shape index (κ2) is 9.21. The lowest BCUT2D eigenvalue weighted by Gasteiger charge is -2.21. The third kappa shape index (κ3) is 5.03. The predicted molar refractivity (Wildman–Crippen MR) is 118 cm³/mol. The van der Waals surface area contributed by atoms with Gasteiger partial charge >= 0.3 is 0 Å². The fraction of sp³-hybridized carbons (Fsp3) is 0.385. The van der Waals surface area contributed by atoms with Crippen LogP contribution < -0.4 is 4.74 Å². The topological polar surface area (TPSA) is 34.4 Å². The van der Waals surface area contributed by atoms with Crippen molar-refractivity contribution in [3.8, 4) is 22.8 Å². The van der Waals surface area contributed by atoms with E-state index in [0.717, 1.165) is 36.8 Å². The molecule has 1 aliphatic carbocycles. The molecule has 1 N–H and O–H groups in total. The average molecular weight is 390 g/mol. The maximum absolute atomic E-state index is 9.55. The molecule has 0 atom stereocenters. The van der Waals surface area contributed by atoms with E-state index in [1.54, 1.807) is 12.1 Å². The Morgan fingerprint density at radius 3 is 2.34 bits per heavy atom. The Kier molecular flexibility index (Phi) is 6.24. The van der Waals surface area contributed by atoms with Crippen molar-refractivity contribution < 1.29 is 9.84 Å². The van der Waals surface area contributed by atoms with E-state index >= 15 is 0 Å². The van der Waals surface area contributed by atoms with Gasteiger partial charge in [-0.25, -0.2) is 0 Å². The molecule has 0 bridgehead atoms. The van der Waals surface area contributed by atoms with Gasteiger partial charge in [-0.2, -0.15) is 0 Å². The molecule has 1 saturated carbocycles. The number of nitrogens with zero attached hydrogens (tertiary/aromatic N) is 1. The van der Waals surface area contributed by atoms with Crippen LogP contribution in [0.1, 0.15) is 43.4 Å². The maximum Gasteiger partial charge on any atom is 0.119 e. The minimum Gasteiger partial charge on any atom is -0.508 e. The highest BCUT2D eigenvalue weighted by Crippen LogP contribution is 2.26. The number of rotatable bonds is 7. The van der Waals surface area contributed by atoms with Gasteiger partial charge in [0.05, 0.1) is 6.61 Å². The summed E-state index contributed by atoms with van der Waals surface area (Å²) in [4.78, 5) is 0. The molecule has 0 radical (unpaired) electrons. The lowest BCUT2D eigenvalue weighted by molar-refractivity contribution is 0.209. The molecule has 0 amide bonds. The molecule has 0 saturated heterocycles. The van der Waals surface area contributed by atoms with Crippen molar-refractivity contribution in [3.05, 3.63) is 71.9 Å². The summed E-state index contributed by atoms with van der Waals surface area (Å²) < 4.78 is 8.38. The highest BCUT2D eigenvalue weighted by atomic mass is 16.5. The van der Waals surface area contributed by atoms with Crippen LogP contribution >= 0.6 is 0 Å². The van der Waals surface area contributed by atoms with Gasteiger partial charge in [0, 0.05) is 17.9 Å². The summed E-state index contributed by atoms with van der Waals surface area (Å²) in [6.45, 7) is 3.93. The molecule has 1 heterocycles. The molecule has 3 aromatic rings. The summed E-state index contributed by atoms with van der Waals surface area (Å²) in [6.07, 6.45) is 7.72. The number of ether oxygens (including phenoxy) is 1. The van der Waals surface area contributed by atoms with Gasteiger partial charge in [0.1, 0.15) is 11.5 Å². The van der Waals surface area contributed by atoms with E-state index in [0.29, 0.717) is 5.75 Å². The Morgan fingerprint density at radius 1 is 0.897 bits per heavy atom. The molecule has 0 aliphatic heterocycles. The SMILES string of the molecule is Cc1ccc(-c2ccc(O)cc2)n1CCc1ccc(OCC2CCCCC2)cc1. The van der Waals surface area contributed by atoms with E-state index in [9.17, 15) is 5.11 Å². The van der Waals surface area contributed by atoms with Crippen molar-refractivity contribution in [2.75, 3.05) is 6.61 Å². The van der Waals surface area contributed by atoms with Crippen LogP contribution in [0.5, 0.6) is 11.5 Å². The largest absolute Gasteiger partial charge is 0.508 e. The van der Waals surface area contributed by atoms with Crippen molar-refractivity contribution >= 4 is 0 Å². The molecule has 0 spiro atoms. The van der Waals surface area contributed by atoms with Gasteiger partial charge in [-0.3, -0.25) is 0 Å². The fourth-order valence-electron chi connectivity index (χ4n) is 4.31. The zero-order valence-electron chi connectivity index (χ0n) is 17.3. The first-order valence-electron chi connectivity index (χ1n) is 10.9. The van der Waals surface area contributed by atoms with Gasteiger partial charge in [0.2, 0.25) is 0 Å². The highest BCUT2D eigenvalue weighted by Gasteiger charge is 2.14. The van der Waals surface area contributed by atoms with Crippen LogP contribution in [0.25, 0.3) is 11.3 Å². The number of hydrogen-bond donors (Lipinski definition) is 1. The van der Waals surface area contributed by atoms with Crippen LogP contribution in [-0.2, 0) is 13.0 Å². The standard InChI is InChI=1S/C26H31NO2/c1-20-7-16-26(23-10-12-24(28)13-11-23)27(20)18-17-21-8-14-25(15-9-21)29-19-22-5-3-2-4-6-22/h7-16,22,28H,2-6,17-19H2,1H3. The third-order valence-corrected chi connectivity index (χ3v) is 6.12. The lowest BCUT2D eigenvalue weighted by atomic mass is 9.90. The molecule has 29 heavy (non-hydrogen) atoms. The molecule has 152 valence electrons. The van der Waals surface area contributed by atoms with Crippen LogP contribution in [0.4, 0.5) is 0 Å². The van der Waals surface area contributed by atoms with Crippen LogP contribution in [0, 0.1) is 12.8 Å². The molecule has 1 aromatic heterocycles. The molecule has 3 heteroatoms. The first kappa shape index (κ1) is 19.6. The summed E-state index contributed by atoms with van der Waals surface area (Å²) in [5.74, 6) is 2.02. The van der Waals surface area contributed by atoms with E-state index < -0.39 is 0 Å². The van der Waals surface area contributed by atoms with Gasteiger partial charge in [-0.1, -0.05) is 31.4 Å². The van der Waals surface area contributed by atoms with Crippen molar-refractivity contribution in [1.29, 1.82) is 0 Å². The molecular weight excluding hydrogens is 358 g/mol. The minimum absolute atomic E-state index is 0.300. The van der Waals surface area contributed by atoms with E-state index in [1.807, 2.05) is 12.1 Å². The smallest absolute Gasteiger partial charge is 0.119 e. The Hall–Kier alpha value is -2.68. The van der Waals surface area contributed by atoms with Crippen LogP contribution in [0.15, 0.2) is 60.7 Å². The second-order valence-corrected chi connectivity index (χ2v) is 8.27. The second-order valence-electron chi connectivity index (χ2n) is 8.27. The quantitative estimate of drug-likeness (QED) is 0.509. The van der Waals surface area contributed by atoms with Crippen LogP contribution in [0.2, 0.25) is 0 Å². The lowest BCUT2D eigenvalue weighted by Crippen LogP contribution is -2.15. The summed E-state index contributed by atoms with van der Waals surface area (Å²) in [6, 6.07) is 20.3. The summed E-state index contributed by atoms with van der Waals surface area (Å²) in [5, 5.41) is 9.55. The summed E-state index contributed by atoms with van der Waals surface area (Å²) >= 11 is 0. The highest BCUT2D eigenvalue weighted by molar-refractivity contribution is 5.61. The average Bonchev–Trinajstić information content (AvgIpc) is 3.13. The Balaban J connectivity index is 1.35. The normalized spacial score (nSPS) is 14.8. The molecule has 0 unspecified atom stereocenters.